The van der Waals surface area contributed by atoms with Crippen LogP contribution in [0.25, 0.3) is 0 Å². The summed E-state index contributed by atoms with van der Waals surface area (Å²) in [5.74, 6) is 0. The van der Waals surface area contributed by atoms with Gasteiger partial charge in [0.25, 0.3) is 0 Å². The summed E-state index contributed by atoms with van der Waals surface area (Å²) in [4.78, 5) is 4.33. The van der Waals surface area contributed by atoms with Crippen molar-refractivity contribution in [3.63, 3.8) is 0 Å². The number of halogens is 1. The molecule has 0 saturated heterocycles. The highest BCUT2D eigenvalue weighted by molar-refractivity contribution is 9.10. The second kappa shape index (κ2) is 7.09. The van der Waals surface area contributed by atoms with Crippen molar-refractivity contribution in [2.75, 3.05) is 20.3 Å². The number of aromatic nitrogens is 1. The maximum Gasteiger partial charge on any atom is 0.0542 e. The van der Waals surface area contributed by atoms with Gasteiger partial charge >= 0.3 is 0 Å². The smallest absolute Gasteiger partial charge is 0.0542 e. The molecule has 0 aliphatic carbocycles. The highest BCUT2D eigenvalue weighted by Gasteiger charge is 2.16. The van der Waals surface area contributed by atoms with Crippen LogP contribution in [-0.2, 0) is 11.3 Å². The van der Waals surface area contributed by atoms with Crippen molar-refractivity contribution >= 4 is 15.9 Å². The van der Waals surface area contributed by atoms with E-state index in [0.717, 1.165) is 36.3 Å². The lowest BCUT2D eigenvalue weighted by Crippen LogP contribution is -2.30. The van der Waals surface area contributed by atoms with Crippen molar-refractivity contribution in [3.05, 3.63) is 28.5 Å². The predicted octanol–water partition coefficient (Wildman–Crippen LogP) is 3.00. The van der Waals surface area contributed by atoms with E-state index in [4.69, 9.17) is 4.74 Å². The molecule has 1 heterocycles. The van der Waals surface area contributed by atoms with E-state index in [1.807, 2.05) is 18.3 Å². The highest BCUT2D eigenvalue weighted by Crippen LogP contribution is 2.18. The number of hydrogen-bond donors (Lipinski definition) is 1. The van der Waals surface area contributed by atoms with Gasteiger partial charge in [0.2, 0.25) is 0 Å². The molecule has 0 bridgehead atoms. The van der Waals surface area contributed by atoms with Gasteiger partial charge < -0.3 is 10.1 Å². The first-order valence-electron chi connectivity index (χ1n) is 5.83. The third-order valence-corrected chi connectivity index (χ3v) is 3.15. The lowest BCUT2D eigenvalue weighted by atomic mass is 9.90. The maximum absolute atomic E-state index is 5.11. The molecule has 0 atom stereocenters. The minimum Gasteiger partial charge on any atom is -0.385 e. The molecule has 1 aromatic rings. The summed E-state index contributed by atoms with van der Waals surface area (Å²) < 4.78 is 6.13. The Kier molecular flexibility index (Phi) is 6.09. The molecule has 0 aliphatic heterocycles. The lowest BCUT2D eigenvalue weighted by Gasteiger charge is -2.24. The van der Waals surface area contributed by atoms with Crippen LogP contribution in [-0.4, -0.2) is 25.2 Å². The van der Waals surface area contributed by atoms with Gasteiger partial charge in [-0.3, -0.25) is 4.98 Å². The molecule has 0 aromatic carbocycles. The molecule has 0 amide bonds. The molecule has 96 valence electrons. The minimum absolute atomic E-state index is 0.255. The Morgan fingerprint density at radius 2 is 2.18 bits per heavy atom. The molecule has 0 fully saturated rings. The Hall–Kier alpha value is -0.450. The van der Waals surface area contributed by atoms with E-state index < -0.39 is 0 Å². The predicted molar refractivity (Wildman–Crippen MR) is 73.9 cm³/mol. The van der Waals surface area contributed by atoms with Crippen LogP contribution in [0.15, 0.2) is 22.8 Å². The summed E-state index contributed by atoms with van der Waals surface area (Å²) in [6.45, 7) is 7.07. The minimum atomic E-state index is 0.255. The summed E-state index contributed by atoms with van der Waals surface area (Å²) >= 11 is 3.38. The average molecular weight is 301 g/mol. The van der Waals surface area contributed by atoms with Crippen LogP contribution in [0.1, 0.15) is 26.0 Å². The Morgan fingerprint density at radius 1 is 1.41 bits per heavy atom. The number of ether oxygens (including phenoxy) is 1. The van der Waals surface area contributed by atoms with Gasteiger partial charge in [-0.25, -0.2) is 0 Å². The summed E-state index contributed by atoms with van der Waals surface area (Å²) in [5.41, 5.74) is 1.32. The SMILES string of the molecule is COCCC(C)(C)CNCc1ccc(Br)cn1. The number of methoxy groups -OCH3 is 1. The van der Waals surface area contributed by atoms with Crippen molar-refractivity contribution in [3.8, 4) is 0 Å². The van der Waals surface area contributed by atoms with E-state index in [1.165, 1.54) is 0 Å². The first-order valence-corrected chi connectivity index (χ1v) is 6.63. The quantitative estimate of drug-likeness (QED) is 0.840. The molecule has 1 aromatic heterocycles. The Labute approximate surface area is 112 Å². The number of nitrogens with one attached hydrogen (secondary N) is 1. The largest absolute Gasteiger partial charge is 0.385 e. The molecule has 0 unspecified atom stereocenters. The number of nitrogens with zero attached hydrogens (tertiary/aromatic N) is 1. The molecule has 17 heavy (non-hydrogen) atoms. The molecule has 0 saturated carbocycles. The zero-order valence-corrected chi connectivity index (χ0v) is 12.4. The first kappa shape index (κ1) is 14.6. The number of rotatable bonds is 7. The Bertz CT molecular complexity index is 325. The molecule has 0 aliphatic rings. The normalized spacial score (nSPS) is 11.8. The van der Waals surface area contributed by atoms with Gasteiger partial charge in [-0.05, 0) is 39.9 Å². The van der Waals surface area contributed by atoms with Gasteiger partial charge in [-0.2, -0.15) is 0 Å². The van der Waals surface area contributed by atoms with Gasteiger partial charge in [0, 0.05) is 37.5 Å². The van der Waals surface area contributed by atoms with E-state index in [0.29, 0.717) is 0 Å². The van der Waals surface area contributed by atoms with E-state index in [2.05, 4.69) is 40.1 Å². The summed E-state index contributed by atoms with van der Waals surface area (Å²) in [6.07, 6.45) is 2.89. The molecule has 1 N–H and O–H groups in total. The fraction of sp³-hybridized carbons (Fsp3) is 0.615. The molecule has 0 spiro atoms. The molecule has 4 heteroatoms. The number of hydrogen-bond acceptors (Lipinski definition) is 3. The fourth-order valence-electron chi connectivity index (χ4n) is 1.51. The molecular weight excluding hydrogens is 280 g/mol. The standard InChI is InChI=1S/C13H21BrN2O/c1-13(2,6-7-17-3)10-15-9-12-5-4-11(14)8-16-12/h4-5,8,15H,6-7,9-10H2,1-3H3. The first-order chi connectivity index (χ1) is 8.03. The zero-order valence-electron chi connectivity index (χ0n) is 10.8. The maximum atomic E-state index is 5.11. The van der Waals surface area contributed by atoms with Crippen LogP contribution in [0, 0.1) is 5.41 Å². The van der Waals surface area contributed by atoms with Crippen molar-refractivity contribution in [2.45, 2.75) is 26.8 Å². The van der Waals surface area contributed by atoms with Crippen molar-refractivity contribution in [1.82, 2.24) is 10.3 Å². The fourth-order valence-corrected chi connectivity index (χ4v) is 1.74. The highest BCUT2D eigenvalue weighted by atomic mass is 79.9. The van der Waals surface area contributed by atoms with Gasteiger partial charge in [0.1, 0.15) is 0 Å². The third kappa shape index (κ3) is 6.15. The van der Waals surface area contributed by atoms with E-state index in [9.17, 15) is 0 Å². The topological polar surface area (TPSA) is 34.1 Å². The Balaban J connectivity index is 2.29. The van der Waals surface area contributed by atoms with Crippen LogP contribution < -0.4 is 5.32 Å². The van der Waals surface area contributed by atoms with Gasteiger partial charge in [0.05, 0.1) is 5.69 Å². The average Bonchev–Trinajstić information content (AvgIpc) is 2.29. The van der Waals surface area contributed by atoms with Crippen molar-refractivity contribution in [1.29, 1.82) is 0 Å². The van der Waals surface area contributed by atoms with E-state index >= 15 is 0 Å². The second-order valence-corrected chi connectivity index (χ2v) is 5.89. The van der Waals surface area contributed by atoms with Crippen LogP contribution >= 0.6 is 15.9 Å². The van der Waals surface area contributed by atoms with E-state index in [-0.39, 0.29) is 5.41 Å². The lowest BCUT2D eigenvalue weighted by molar-refractivity contribution is 0.150. The van der Waals surface area contributed by atoms with Gasteiger partial charge in [0.15, 0.2) is 0 Å². The van der Waals surface area contributed by atoms with Gasteiger partial charge in [-0.1, -0.05) is 13.8 Å². The summed E-state index contributed by atoms with van der Waals surface area (Å²) in [5, 5.41) is 3.44. The van der Waals surface area contributed by atoms with Crippen LogP contribution in [0.5, 0.6) is 0 Å². The molecule has 3 nitrogen and oxygen atoms in total. The van der Waals surface area contributed by atoms with Crippen LogP contribution in [0.3, 0.4) is 0 Å². The van der Waals surface area contributed by atoms with Crippen LogP contribution in [0.4, 0.5) is 0 Å². The zero-order chi connectivity index (χ0) is 12.7. The molecular formula is C13H21BrN2O. The van der Waals surface area contributed by atoms with Gasteiger partial charge in [-0.15, -0.1) is 0 Å². The Morgan fingerprint density at radius 3 is 2.76 bits per heavy atom. The summed E-state index contributed by atoms with van der Waals surface area (Å²) in [7, 11) is 1.75. The molecule has 0 radical (unpaired) electrons. The second-order valence-electron chi connectivity index (χ2n) is 4.98. The number of pyridine rings is 1. The third-order valence-electron chi connectivity index (χ3n) is 2.68. The van der Waals surface area contributed by atoms with Crippen LogP contribution in [0.2, 0.25) is 0 Å². The monoisotopic (exact) mass is 300 g/mol. The van der Waals surface area contributed by atoms with Crippen molar-refractivity contribution in [2.24, 2.45) is 5.41 Å². The summed E-state index contributed by atoms with van der Waals surface area (Å²) in [6, 6.07) is 4.04. The van der Waals surface area contributed by atoms with Crippen molar-refractivity contribution < 1.29 is 4.74 Å². The van der Waals surface area contributed by atoms with E-state index in [1.54, 1.807) is 7.11 Å². The molecule has 1 rings (SSSR count).